The summed E-state index contributed by atoms with van der Waals surface area (Å²) < 4.78 is 0. The molecule has 12 heteroatoms. The maximum Gasteiger partial charge on any atom is 0.326 e. The van der Waals surface area contributed by atoms with E-state index in [1.54, 1.807) is 0 Å². The minimum atomic E-state index is -1.21. The Morgan fingerprint density at radius 2 is 1.07 bits per heavy atom. The highest BCUT2D eigenvalue weighted by atomic mass is 16.4. The number of carbonyl (C=O) groups is 7. The zero-order valence-electron chi connectivity index (χ0n) is 21.0. The molecule has 4 rings (SSSR count). The molecule has 2 aliphatic rings. The standard InChI is InChI=1S/C28H24N4O8/c33-22-12-13-23(34)31(22)19-8-4-17(5-9-19)26(37)29-16-2-1-3-21(28(39)40)30-27(38)18-6-10-20(11-7-18)32-24(35)14-15-25(32)36/h4-15,21H,1-3,16H2,(H,29,37)(H,30,38)(H,39,40)/t21-/m0/s1. The third-order valence-electron chi connectivity index (χ3n) is 6.20. The number of benzene rings is 2. The van der Waals surface area contributed by atoms with E-state index >= 15 is 0 Å². The summed E-state index contributed by atoms with van der Waals surface area (Å²) in [5, 5.41) is 14.7. The molecule has 3 N–H and O–H groups in total. The molecule has 12 nitrogen and oxygen atoms in total. The van der Waals surface area contributed by atoms with Gasteiger partial charge >= 0.3 is 5.97 Å². The Hall–Kier alpha value is -5.39. The second-order valence-electron chi connectivity index (χ2n) is 8.90. The van der Waals surface area contributed by atoms with Crippen molar-refractivity contribution in [1.29, 1.82) is 0 Å². The van der Waals surface area contributed by atoms with Gasteiger partial charge in [0.15, 0.2) is 0 Å². The van der Waals surface area contributed by atoms with Crippen LogP contribution in [0.5, 0.6) is 0 Å². The molecule has 0 aromatic heterocycles. The van der Waals surface area contributed by atoms with Gasteiger partial charge in [0.1, 0.15) is 6.04 Å². The average Bonchev–Trinajstić information content (AvgIpc) is 3.46. The fourth-order valence-corrected chi connectivity index (χ4v) is 4.11. The highest BCUT2D eigenvalue weighted by Gasteiger charge is 2.26. The number of carboxylic acids is 1. The van der Waals surface area contributed by atoms with Gasteiger partial charge in [-0.1, -0.05) is 0 Å². The molecule has 2 aliphatic heterocycles. The van der Waals surface area contributed by atoms with Crippen molar-refractivity contribution in [3.8, 4) is 0 Å². The molecule has 2 aromatic rings. The van der Waals surface area contributed by atoms with Gasteiger partial charge in [-0.15, -0.1) is 0 Å². The number of imide groups is 2. The van der Waals surface area contributed by atoms with Crippen LogP contribution in [-0.2, 0) is 24.0 Å². The first-order valence-electron chi connectivity index (χ1n) is 12.3. The van der Waals surface area contributed by atoms with Crippen LogP contribution >= 0.6 is 0 Å². The zero-order valence-corrected chi connectivity index (χ0v) is 21.0. The fourth-order valence-electron chi connectivity index (χ4n) is 4.11. The molecular weight excluding hydrogens is 520 g/mol. The average molecular weight is 545 g/mol. The second-order valence-corrected chi connectivity index (χ2v) is 8.90. The first-order chi connectivity index (χ1) is 19.2. The maximum absolute atomic E-state index is 12.6. The van der Waals surface area contributed by atoms with Crippen LogP contribution in [0.1, 0.15) is 40.0 Å². The van der Waals surface area contributed by atoms with E-state index in [4.69, 9.17) is 0 Å². The summed E-state index contributed by atoms with van der Waals surface area (Å²) in [5.74, 6) is -4.10. The Balaban J connectivity index is 1.21. The third kappa shape index (κ3) is 6.18. The van der Waals surface area contributed by atoms with Crippen LogP contribution in [-0.4, -0.2) is 59.1 Å². The van der Waals surface area contributed by atoms with Gasteiger partial charge in [-0.05, 0) is 67.8 Å². The molecular formula is C28H24N4O8. The first-order valence-corrected chi connectivity index (χ1v) is 12.3. The van der Waals surface area contributed by atoms with E-state index < -0.39 is 41.5 Å². The van der Waals surface area contributed by atoms with Gasteiger partial charge in [0.2, 0.25) is 0 Å². The SMILES string of the molecule is O=C(NCCCC[C@H](NC(=O)c1ccc(N2C(=O)C=CC2=O)cc1)C(=O)O)c1ccc(N2C(=O)C=CC2=O)cc1. The van der Waals surface area contributed by atoms with Gasteiger partial charge < -0.3 is 15.7 Å². The van der Waals surface area contributed by atoms with Crippen LogP contribution in [0.3, 0.4) is 0 Å². The molecule has 40 heavy (non-hydrogen) atoms. The van der Waals surface area contributed by atoms with Crippen molar-refractivity contribution in [2.24, 2.45) is 0 Å². The van der Waals surface area contributed by atoms with Crippen molar-refractivity contribution < 1.29 is 38.7 Å². The summed E-state index contributed by atoms with van der Waals surface area (Å²) in [6, 6.07) is 10.4. The van der Waals surface area contributed by atoms with Gasteiger partial charge in [-0.3, -0.25) is 28.8 Å². The number of amides is 6. The van der Waals surface area contributed by atoms with Gasteiger partial charge in [0.25, 0.3) is 35.4 Å². The highest BCUT2D eigenvalue weighted by Crippen LogP contribution is 2.21. The van der Waals surface area contributed by atoms with Crippen molar-refractivity contribution in [3.05, 3.63) is 84.0 Å². The number of anilines is 2. The normalized spacial score (nSPS) is 15.1. The Kier molecular flexibility index (Phi) is 8.28. The van der Waals surface area contributed by atoms with E-state index in [0.717, 1.165) is 22.0 Å². The lowest BCUT2D eigenvalue weighted by atomic mass is 10.1. The predicted molar refractivity (Wildman–Crippen MR) is 141 cm³/mol. The van der Waals surface area contributed by atoms with E-state index in [-0.39, 0.29) is 24.4 Å². The zero-order chi connectivity index (χ0) is 28.8. The fraction of sp³-hybridized carbons (Fsp3) is 0.179. The topological polar surface area (TPSA) is 170 Å². The third-order valence-corrected chi connectivity index (χ3v) is 6.20. The van der Waals surface area contributed by atoms with Crippen molar-refractivity contribution in [2.45, 2.75) is 25.3 Å². The molecule has 1 atom stereocenters. The Labute approximate surface area is 227 Å². The molecule has 0 saturated carbocycles. The smallest absolute Gasteiger partial charge is 0.326 e. The molecule has 0 spiro atoms. The van der Waals surface area contributed by atoms with Gasteiger partial charge in [-0.25, -0.2) is 14.6 Å². The number of carbonyl (C=O) groups excluding carboxylic acids is 6. The number of rotatable bonds is 11. The molecule has 0 radical (unpaired) electrons. The quantitative estimate of drug-likeness (QED) is 0.281. The minimum absolute atomic E-state index is 0.123. The van der Waals surface area contributed by atoms with Crippen molar-refractivity contribution >= 4 is 52.8 Å². The first kappa shape index (κ1) is 27.6. The van der Waals surface area contributed by atoms with Gasteiger partial charge in [0.05, 0.1) is 11.4 Å². The van der Waals surface area contributed by atoms with E-state index in [9.17, 15) is 38.7 Å². The largest absolute Gasteiger partial charge is 0.480 e. The summed E-state index contributed by atoms with van der Waals surface area (Å²) in [4.78, 5) is 85.7. The van der Waals surface area contributed by atoms with Gasteiger partial charge in [-0.2, -0.15) is 0 Å². The summed E-state index contributed by atoms with van der Waals surface area (Å²) in [6.45, 7) is 0.262. The number of hydrogen-bond donors (Lipinski definition) is 3. The van der Waals surface area contributed by atoms with Crippen LogP contribution < -0.4 is 20.4 Å². The van der Waals surface area contributed by atoms with E-state index in [0.29, 0.717) is 29.8 Å². The van der Waals surface area contributed by atoms with Crippen LogP contribution in [0.15, 0.2) is 72.8 Å². The Bertz CT molecular complexity index is 1410. The number of hydrogen-bond acceptors (Lipinski definition) is 7. The molecule has 0 unspecified atom stereocenters. The molecule has 204 valence electrons. The highest BCUT2D eigenvalue weighted by molar-refractivity contribution is 6.28. The maximum atomic E-state index is 12.6. The lowest BCUT2D eigenvalue weighted by Crippen LogP contribution is -2.40. The summed E-state index contributed by atoms with van der Waals surface area (Å²) >= 11 is 0. The number of unbranched alkanes of at least 4 members (excludes halogenated alkanes) is 1. The molecule has 2 aromatic carbocycles. The van der Waals surface area contributed by atoms with Crippen LogP contribution in [0.4, 0.5) is 11.4 Å². The summed E-state index contributed by atoms with van der Waals surface area (Å²) in [5.41, 5.74) is 1.13. The molecule has 0 aliphatic carbocycles. The summed E-state index contributed by atoms with van der Waals surface area (Å²) in [7, 11) is 0. The molecule has 0 fully saturated rings. The molecule has 2 heterocycles. The number of carboxylic acid groups (broad SMARTS) is 1. The van der Waals surface area contributed by atoms with Crippen LogP contribution in [0.2, 0.25) is 0 Å². The number of aliphatic carboxylic acids is 1. The summed E-state index contributed by atoms with van der Waals surface area (Å²) in [6.07, 6.45) is 5.60. The van der Waals surface area contributed by atoms with Crippen LogP contribution in [0.25, 0.3) is 0 Å². The van der Waals surface area contributed by atoms with Crippen molar-refractivity contribution in [1.82, 2.24) is 10.6 Å². The van der Waals surface area contributed by atoms with E-state index in [1.807, 2.05) is 0 Å². The Morgan fingerprint density at radius 1 is 0.650 bits per heavy atom. The van der Waals surface area contributed by atoms with Gasteiger partial charge in [0, 0.05) is 42.0 Å². The molecule has 0 bridgehead atoms. The van der Waals surface area contributed by atoms with E-state index in [2.05, 4.69) is 10.6 Å². The number of nitrogens with one attached hydrogen (secondary N) is 2. The van der Waals surface area contributed by atoms with Crippen molar-refractivity contribution in [2.75, 3.05) is 16.3 Å². The van der Waals surface area contributed by atoms with Crippen molar-refractivity contribution in [3.63, 3.8) is 0 Å². The molecule has 0 saturated heterocycles. The van der Waals surface area contributed by atoms with Crippen LogP contribution in [0, 0.1) is 0 Å². The van der Waals surface area contributed by atoms with E-state index in [1.165, 1.54) is 60.7 Å². The predicted octanol–water partition coefficient (Wildman–Crippen LogP) is 1.33. The number of nitrogens with zero attached hydrogens (tertiary/aromatic N) is 2. The Morgan fingerprint density at radius 3 is 1.50 bits per heavy atom. The lowest BCUT2D eigenvalue weighted by molar-refractivity contribution is -0.139. The molecule has 6 amide bonds. The lowest BCUT2D eigenvalue weighted by Gasteiger charge is -2.16. The minimum Gasteiger partial charge on any atom is -0.480 e. The second kappa shape index (κ2) is 12.0. The monoisotopic (exact) mass is 544 g/mol.